The lowest BCUT2D eigenvalue weighted by Gasteiger charge is -2.38. The zero-order valence-electron chi connectivity index (χ0n) is 14.5. The molecule has 0 aliphatic carbocycles. The molecule has 5 nitrogen and oxygen atoms in total. The van der Waals surface area contributed by atoms with Gasteiger partial charge in [0.05, 0.1) is 10.9 Å². The number of hydrogen-bond donors (Lipinski definition) is 3. The molecule has 25 heavy (non-hydrogen) atoms. The summed E-state index contributed by atoms with van der Waals surface area (Å²) in [5.41, 5.74) is 1.26. The minimum absolute atomic E-state index is 0.0357. The summed E-state index contributed by atoms with van der Waals surface area (Å²) in [5, 5.41) is 11.0. The smallest absolute Gasteiger partial charge is 0.265 e. The summed E-state index contributed by atoms with van der Waals surface area (Å²) >= 11 is 1.39. The Kier molecular flexibility index (Phi) is 5.20. The second-order valence-electron chi connectivity index (χ2n) is 6.98. The van der Waals surface area contributed by atoms with Crippen molar-refractivity contribution in [2.45, 2.75) is 32.7 Å². The number of amides is 2. The number of carbonyl (C=O) groups excluding carboxylic acids is 2. The van der Waals surface area contributed by atoms with E-state index >= 15 is 0 Å². The van der Waals surface area contributed by atoms with Gasteiger partial charge in [0.1, 0.15) is 0 Å². The Hall–Kier alpha value is -2.18. The van der Waals surface area contributed by atoms with E-state index in [1.165, 1.54) is 11.3 Å². The minimum atomic E-state index is -0.217. The molecule has 0 spiro atoms. The van der Waals surface area contributed by atoms with Crippen LogP contribution in [0, 0.1) is 5.41 Å². The molecule has 132 valence electrons. The molecule has 1 fully saturated rings. The zero-order chi connectivity index (χ0) is 17.9. The summed E-state index contributed by atoms with van der Waals surface area (Å²) in [5.74, 6) is -0.181. The standard InChI is InChI=1S/C19H23N3O2S/c1-19(2)9-5-10-20-16(19)18(24)22-14-7-3-6-13(12-14)21-17(23)15-8-4-11-25-15/h3-4,6-8,11-12,16,20H,5,9-10H2,1-2H3,(H,21,23)(H,22,24). The first-order chi connectivity index (χ1) is 12.0. The Bertz CT molecular complexity index is 756. The molecule has 1 aromatic heterocycles. The number of nitrogens with one attached hydrogen (secondary N) is 3. The maximum atomic E-state index is 12.6. The lowest BCUT2D eigenvalue weighted by atomic mass is 9.77. The van der Waals surface area contributed by atoms with Gasteiger partial charge in [0, 0.05) is 11.4 Å². The molecule has 0 bridgehead atoms. The third-order valence-corrected chi connectivity index (χ3v) is 5.39. The molecule has 2 amide bonds. The van der Waals surface area contributed by atoms with Crippen molar-refractivity contribution in [3.05, 3.63) is 46.7 Å². The first-order valence-electron chi connectivity index (χ1n) is 8.45. The van der Waals surface area contributed by atoms with Gasteiger partial charge in [-0.05, 0) is 54.4 Å². The normalized spacial score (nSPS) is 19.2. The Balaban J connectivity index is 1.67. The van der Waals surface area contributed by atoms with E-state index in [9.17, 15) is 9.59 Å². The van der Waals surface area contributed by atoms with Crippen LogP contribution < -0.4 is 16.0 Å². The highest BCUT2D eigenvalue weighted by Crippen LogP contribution is 2.31. The van der Waals surface area contributed by atoms with E-state index in [1.54, 1.807) is 12.1 Å². The summed E-state index contributed by atoms with van der Waals surface area (Å²) < 4.78 is 0. The largest absolute Gasteiger partial charge is 0.325 e. The van der Waals surface area contributed by atoms with Crippen LogP contribution in [0.2, 0.25) is 0 Å². The van der Waals surface area contributed by atoms with Crippen LogP contribution in [0.4, 0.5) is 11.4 Å². The van der Waals surface area contributed by atoms with Gasteiger partial charge >= 0.3 is 0 Å². The van der Waals surface area contributed by atoms with Crippen molar-refractivity contribution >= 4 is 34.5 Å². The van der Waals surface area contributed by atoms with Crippen LogP contribution in [0.1, 0.15) is 36.4 Å². The van der Waals surface area contributed by atoms with Gasteiger partial charge in [-0.1, -0.05) is 26.0 Å². The second kappa shape index (κ2) is 7.37. The third-order valence-electron chi connectivity index (χ3n) is 4.52. The SMILES string of the molecule is CC1(C)CCCNC1C(=O)Nc1cccc(NC(=O)c2cccs2)c1. The number of anilines is 2. The lowest BCUT2D eigenvalue weighted by Crippen LogP contribution is -2.53. The van der Waals surface area contributed by atoms with Crippen molar-refractivity contribution in [2.24, 2.45) is 5.41 Å². The van der Waals surface area contributed by atoms with Crippen LogP contribution in [0.3, 0.4) is 0 Å². The first kappa shape index (κ1) is 17.6. The maximum Gasteiger partial charge on any atom is 0.265 e. The minimum Gasteiger partial charge on any atom is -0.325 e. The molecule has 6 heteroatoms. The number of rotatable bonds is 4. The molecular formula is C19H23N3O2S. The van der Waals surface area contributed by atoms with Gasteiger partial charge in [0.2, 0.25) is 5.91 Å². The molecule has 0 radical (unpaired) electrons. The van der Waals surface area contributed by atoms with Crippen LogP contribution in [-0.2, 0) is 4.79 Å². The molecule has 3 N–H and O–H groups in total. The van der Waals surface area contributed by atoms with Crippen LogP contribution in [0.25, 0.3) is 0 Å². The van der Waals surface area contributed by atoms with Crippen molar-refractivity contribution in [2.75, 3.05) is 17.2 Å². The summed E-state index contributed by atoms with van der Waals surface area (Å²) in [6.45, 7) is 5.08. The molecule has 1 unspecified atom stereocenters. The average Bonchev–Trinajstić information content (AvgIpc) is 3.09. The van der Waals surface area contributed by atoms with E-state index in [0.29, 0.717) is 16.3 Å². The molecular weight excluding hydrogens is 334 g/mol. The zero-order valence-corrected chi connectivity index (χ0v) is 15.3. The summed E-state index contributed by atoms with van der Waals surface area (Å²) in [6, 6.07) is 10.6. The van der Waals surface area contributed by atoms with Crippen molar-refractivity contribution in [1.82, 2.24) is 5.32 Å². The summed E-state index contributed by atoms with van der Waals surface area (Å²) in [7, 11) is 0. The highest BCUT2D eigenvalue weighted by atomic mass is 32.1. The highest BCUT2D eigenvalue weighted by molar-refractivity contribution is 7.12. The van der Waals surface area contributed by atoms with Crippen LogP contribution in [0.5, 0.6) is 0 Å². The van der Waals surface area contributed by atoms with Crippen LogP contribution >= 0.6 is 11.3 Å². The third kappa shape index (κ3) is 4.27. The molecule has 1 atom stereocenters. The fraction of sp³-hybridized carbons (Fsp3) is 0.368. The Morgan fingerprint density at radius 2 is 1.92 bits per heavy atom. The molecule has 1 saturated heterocycles. The van der Waals surface area contributed by atoms with Crippen molar-refractivity contribution in [1.29, 1.82) is 0 Å². The fourth-order valence-electron chi connectivity index (χ4n) is 3.15. The molecule has 0 saturated carbocycles. The number of piperidine rings is 1. The predicted molar refractivity (Wildman–Crippen MR) is 102 cm³/mol. The maximum absolute atomic E-state index is 12.6. The molecule has 3 rings (SSSR count). The number of thiophene rings is 1. The van der Waals surface area contributed by atoms with Crippen LogP contribution in [0.15, 0.2) is 41.8 Å². The van der Waals surface area contributed by atoms with E-state index < -0.39 is 0 Å². The van der Waals surface area contributed by atoms with E-state index in [-0.39, 0.29) is 23.3 Å². The van der Waals surface area contributed by atoms with Crippen molar-refractivity contribution < 1.29 is 9.59 Å². The number of carbonyl (C=O) groups is 2. The van der Waals surface area contributed by atoms with E-state index in [1.807, 2.05) is 29.6 Å². The Labute approximate surface area is 151 Å². The van der Waals surface area contributed by atoms with Gasteiger partial charge < -0.3 is 16.0 Å². The van der Waals surface area contributed by atoms with E-state index in [0.717, 1.165) is 19.4 Å². The number of hydrogen-bond acceptors (Lipinski definition) is 4. The predicted octanol–water partition coefficient (Wildman–Crippen LogP) is 3.72. The summed E-state index contributed by atoms with van der Waals surface area (Å²) in [6.07, 6.45) is 2.11. The van der Waals surface area contributed by atoms with Crippen molar-refractivity contribution in [3.63, 3.8) is 0 Å². The molecule has 2 heterocycles. The van der Waals surface area contributed by atoms with Gasteiger partial charge in [-0.3, -0.25) is 9.59 Å². The van der Waals surface area contributed by atoms with E-state index in [2.05, 4.69) is 29.8 Å². The monoisotopic (exact) mass is 357 g/mol. The van der Waals surface area contributed by atoms with E-state index in [4.69, 9.17) is 0 Å². The topological polar surface area (TPSA) is 70.2 Å². The lowest BCUT2D eigenvalue weighted by molar-refractivity contribution is -0.121. The first-order valence-corrected chi connectivity index (χ1v) is 9.33. The fourth-order valence-corrected chi connectivity index (χ4v) is 3.77. The summed E-state index contributed by atoms with van der Waals surface area (Å²) in [4.78, 5) is 25.4. The Morgan fingerprint density at radius 3 is 2.60 bits per heavy atom. The van der Waals surface area contributed by atoms with Gasteiger partial charge in [-0.2, -0.15) is 0 Å². The highest BCUT2D eigenvalue weighted by Gasteiger charge is 2.37. The van der Waals surface area contributed by atoms with Gasteiger partial charge in [0.25, 0.3) is 5.91 Å². The average molecular weight is 357 g/mol. The van der Waals surface area contributed by atoms with Gasteiger partial charge in [0.15, 0.2) is 0 Å². The number of benzene rings is 1. The van der Waals surface area contributed by atoms with Crippen molar-refractivity contribution in [3.8, 4) is 0 Å². The quantitative estimate of drug-likeness (QED) is 0.781. The molecule has 1 aliphatic heterocycles. The van der Waals surface area contributed by atoms with Gasteiger partial charge in [-0.15, -0.1) is 11.3 Å². The van der Waals surface area contributed by atoms with Crippen LogP contribution in [-0.4, -0.2) is 24.4 Å². The molecule has 1 aliphatic rings. The molecule has 2 aromatic rings. The molecule has 1 aromatic carbocycles. The second-order valence-corrected chi connectivity index (χ2v) is 7.93. The van der Waals surface area contributed by atoms with Gasteiger partial charge in [-0.25, -0.2) is 0 Å². The Morgan fingerprint density at radius 1 is 1.16 bits per heavy atom.